The molecule has 7 heteroatoms. The first-order chi connectivity index (χ1) is 11.6. The molecule has 3 heterocycles. The van der Waals surface area contributed by atoms with E-state index in [-0.39, 0.29) is 17.5 Å². The van der Waals surface area contributed by atoms with Crippen molar-refractivity contribution in [2.75, 3.05) is 0 Å². The highest BCUT2D eigenvalue weighted by atomic mass is 16.2. The van der Waals surface area contributed by atoms with Crippen LogP contribution >= 0.6 is 0 Å². The minimum absolute atomic E-state index is 0.00208. The van der Waals surface area contributed by atoms with Gasteiger partial charge in [-0.1, -0.05) is 18.2 Å². The van der Waals surface area contributed by atoms with Crippen molar-refractivity contribution in [3.05, 3.63) is 57.9 Å². The Bertz CT molecular complexity index is 988. The fourth-order valence-electron chi connectivity index (χ4n) is 3.24. The van der Waals surface area contributed by atoms with E-state index in [1.54, 1.807) is 6.07 Å². The molecule has 0 spiro atoms. The molecule has 4 rings (SSSR count). The minimum atomic E-state index is -0.278. The molecule has 2 aromatic heterocycles. The van der Waals surface area contributed by atoms with E-state index in [2.05, 4.69) is 20.5 Å². The third-order valence-corrected chi connectivity index (χ3v) is 4.46. The van der Waals surface area contributed by atoms with Crippen molar-refractivity contribution in [1.82, 2.24) is 25.1 Å². The van der Waals surface area contributed by atoms with Gasteiger partial charge in [-0.3, -0.25) is 9.59 Å². The van der Waals surface area contributed by atoms with Crippen molar-refractivity contribution in [3.63, 3.8) is 0 Å². The predicted molar refractivity (Wildman–Crippen MR) is 88.9 cm³/mol. The van der Waals surface area contributed by atoms with Crippen LogP contribution in [-0.2, 0) is 13.0 Å². The first-order valence-corrected chi connectivity index (χ1v) is 7.93. The topological polar surface area (TPSA) is 92.7 Å². The molecule has 122 valence electrons. The van der Waals surface area contributed by atoms with Gasteiger partial charge in [-0.25, -0.2) is 0 Å². The Balaban J connectivity index is 1.62. The second-order valence-corrected chi connectivity index (χ2v) is 6.08. The number of nitrogens with zero attached hydrogens (tertiary/aromatic N) is 3. The van der Waals surface area contributed by atoms with Gasteiger partial charge in [-0.05, 0) is 19.4 Å². The average molecular weight is 323 g/mol. The molecule has 0 radical (unpaired) electrons. The number of H-pyrrole nitrogens is 1. The Hall–Kier alpha value is -2.96. The number of carbonyl (C=O) groups excluding carboxylic acids is 1. The Labute approximate surface area is 137 Å². The molecule has 0 saturated heterocycles. The average Bonchev–Trinajstić information content (AvgIpc) is 2.95. The van der Waals surface area contributed by atoms with E-state index < -0.39 is 0 Å². The van der Waals surface area contributed by atoms with Crippen LogP contribution in [0.25, 0.3) is 10.9 Å². The number of fused-ring (bicyclic) bond motifs is 2. The number of hydrogen-bond donors (Lipinski definition) is 2. The van der Waals surface area contributed by atoms with Crippen LogP contribution in [0, 0.1) is 6.92 Å². The smallest absolute Gasteiger partial charge is 0.252 e. The molecule has 0 saturated carbocycles. The lowest BCUT2D eigenvalue weighted by Gasteiger charge is -2.25. The lowest BCUT2D eigenvalue weighted by molar-refractivity contribution is 0.0929. The van der Waals surface area contributed by atoms with Crippen LogP contribution in [0.5, 0.6) is 0 Å². The second kappa shape index (κ2) is 5.59. The largest absolute Gasteiger partial charge is 0.347 e. The van der Waals surface area contributed by atoms with Gasteiger partial charge >= 0.3 is 0 Å². The van der Waals surface area contributed by atoms with Crippen LogP contribution in [0.2, 0.25) is 0 Å². The Morgan fingerprint density at radius 1 is 1.33 bits per heavy atom. The SMILES string of the molecule is Cc1nnc2n1C[C@H](NC(=O)c1cc(=O)[nH]c3ccccc13)CC2. The highest BCUT2D eigenvalue weighted by molar-refractivity contribution is 6.06. The van der Waals surface area contributed by atoms with E-state index in [4.69, 9.17) is 0 Å². The summed E-state index contributed by atoms with van der Waals surface area (Å²) in [5.74, 6) is 1.58. The number of aryl methyl sites for hydroxylation is 2. The quantitative estimate of drug-likeness (QED) is 0.740. The fourth-order valence-corrected chi connectivity index (χ4v) is 3.24. The van der Waals surface area contributed by atoms with Crippen LogP contribution in [-0.4, -0.2) is 31.7 Å². The second-order valence-electron chi connectivity index (χ2n) is 6.08. The highest BCUT2D eigenvalue weighted by Gasteiger charge is 2.23. The molecule has 0 fully saturated rings. The summed E-state index contributed by atoms with van der Waals surface area (Å²) in [5, 5.41) is 12.0. The van der Waals surface area contributed by atoms with Crippen LogP contribution in [0.1, 0.15) is 28.4 Å². The van der Waals surface area contributed by atoms with Gasteiger partial charge in [-0.15, -0.1) is 10.2 Å². The summed E-state index contributed by atoms with van der Waals surface area (Å²) in [7, 11) is 0. The standard InChI is InChI=1S/C17H17N5O2/c1-10-20-21-15-7-6-11(9-22(10)15)18-17(24)13-8-16(23)19-14-5-3-2-4-12(13)14/h2-5,8,11H,6-7,9H2,1H3,(H,18,24)(H,19,23)/t11-/m1/s1. The molecule has 1 aliphatic rings. The van der Waals surface area contributed by atoms with Gasteiger partial charge in [0.25, 0.3) is 5.91 Å². The van der Waals surface area contributed by atoms with Crippen molar-refractivity contribution in [2.45, 2.75) is 32.4 Å². The minimum Gasteiger partial charge on any atom is -0.347 e. The number of aromatic amines is 1. The maximum Gasteiger partial charge on any atom is 0.252 e. The summed E-state index contributed by atoms with van der Waals surface area (Å²) in [6.45, 7) is 2.56. The third-order valence-electron chi connectivity index (χ3n) is 4.46. The predicted octanol–water partition coefficient (Wildman–Crippen LogP) is 1.17. The zero-order chi connectivity index (χ0) is 16.7. The number of pyridine rings is 1. The van der Waals surface area contributed by atoms with Crippen molar-refractivity contribution in [2.24, 2.45) is 0 Å². The van der Waals surface area contributed by atoms with Gasteiger partial charge < -0.3 is 14.9 Å². The summed E-state index contributed by atoms with van der Waals surface area (Å²) in [6.07, 6.45) is 1.59. The molecule has 1 aromatic carbocycles. The molecule has 1 aliphatic heterocycles. The molecule has 3 aromatic rings. The molecule has 24 heavy (non-hydrogen) atoms. The Kier molecular flexibility index (Phi) is 3.41. The lowest BCUT2D eigenvalue weighted by Crippen LogP contribution is -2.41. The summed E-state index contributed by atoms with van der Waals surface area (Å²) < 4.78 is 2.03. The van der Waals surface area contributed by atoms with Crippen LogP contribution in [0.15, 0.2) is 35.1 Å². The molecular formula is C17H17N5O2. The summed E-state index contributed by atoms with van der Waals surface area (Å²) >= 11 is 0. The third kappa shape index (κ3) is 2.47. The molecule has 2 N–H and O–H groups in total. The van der Waals surface area contributed by atoms with Crippen molar-refractivity contribution in [1.29, 1.82) is 0 Å². The lowest BCUT2D eigenvalue weighted by atomic mass is 10.0. The van der Waals surface area contributed by atoms with E-state index in [9.17, 15) is 9.59 Å². The number of benzene rings is 1. The molecule has 0 bridgehead atoms. The van der Waals surface area contributed by atoms with Gasteiger partial charge in [-0.2, -0.15) is 0 Å². The van der Waals surface area contributed by atoms with Gasteiger partial charge in [0.05, 0.1) is 5.56 Å². The molecule has 1 amide bonds. The number of carbonyl (C=O) groups is 1. The normalized spacial score (nSPS) is 16.8. The number of rotatable bonds is 2. The number of nitrogens with one attached hydrogen (secondary N) is 2. The van der Waals surface area contributed by atoms with Gasteiger partial charge in [0.15, 0.2) is 0 Å². The van der Waals surface area contributed by atoms with Crippen molar-refractivity contribution < 1.29 is 4.79 Å². The first-order valence-electron chi connectivity index (χ1n) is 7.93. The van der Waals surface area contributed by atoms with Crippen LogP contribution < -0.4 is 10.9 Å². The maximum absolute atomic E-state index is 12.7. The number of aromatic nitrogens is 4. The monoisotopic (exact) mass is 323 g/mol. The summed E-state index contributed by atoms with van der Waals surface area (Å²) in [4.78, 5) is 27.3. The molecule has 0 aliphatic carbocycles. The van der Waals surface area contributed by atoms with Crippen molar-refractivity contribution >= 4 is 16.8 Å². The van der Waals surface area contributed by atoms with E-state index in [1.165, 1.54) is 6.07 Å². The number of para-hydroxylation sites is 1. The van der Waals surface area contributed by atoms with Gasteiger partial charge in [0, 0.05) is 36.0 Å². The van der Waals surface area contributed by atoms with E-state index >= 15 is 0 Å². The van der Waals surface area contributed by atoms with E-state index in [0.29, 0.717) is 17.6 Å². The number of amides is 1. The molecule has 7 nitrogen and oxygen atoms in total. The van der Waals surface area contributed by atoms with Crippen LogP contribution in [0.4, 0.5) is 0 Å². The van der Waals surface area contributed by atoms with Crippen molar-refractivity contribution in [3.8, 4) is 0 Å². The first kappa shape index (κ1) is 14.6. The van der Waals surface area contributed by atoms with Gasteiger partial charge in [0.2, 0.25) is 5.56 Å². The zero-order valence-corrected chi connectivity index (χ0v) is 13.2. The fraction of sp³-hybridized carbons (Fsp3) is 0.294. The maximum atomic E-state index is 12.7. The molecular weight excluding hydrogens is 306 g/mol. The summed E-state index contributed by atoms with van der Waals surface area (Å²) in [6, 6.07) is 8.67. The van der Waals surface area contributed by atoms with E-state index in [0.717, 1.165) is 29.9 Å². The molecule has 0 unspecified atom stereocenters. The summed E-state index contributed by atoms with van der Waals surface area (Å²) in [5.41, 5.74) is 0.788. The Morgan fingerprint density at radius 2 is 2.17 bits per heavy atom. The zero-order valence-electron chi connectivity index (χ0n) is 13.2. The molecule has 1 atom stereocenters. The highest BCUT2D eigenvalue weighted by Crippen LogP contribution is 2.17. The van der Waals surface area contributed by atoms with Crippen LogP contribution in [0.3, 0.4) is 0 Å². The Morgan fingerprint density at radius 3 is 3.04 bits per heavy atom. The van der Waals surface area contributed by atoms with E-state index in [1.807, 2.05) is 29.7 Å². The van der Waals surface area contributed by atoms with Gasteiger partial charge in [0.1, 0.15) is 11.6 Å². The number of hydrogen-bond acceptors (Lipinski definition) is 4.